The SMILES string of the molecule is NCCOS(=O)(=O)NN. The Hall–Kier alpha value is -0.210. The van der Waals surface area contributed by atoms with Crippen LogP contribution in [0.5, 0.6) is 0 Å². The first-order chi connectivity index (χ1) is 4.12. The van der Waals surface area contributed by atoms with Crippen molar-refractivity contribution in [2.45, 2.75) is 0 Å². The van der Waals surface area contributed by atoms with Gasteiger partial charge >= 0.3 is 10.3 Å². The highest BCUT2D eigenvalue weighted by molar-refractivity contribution is 7.84. The Morgan fingerprint density at radius 3 is 2.44 bits per heavy atom. The van der Waals surface area contributed by atoms with Gasteiger partial charge in [-0.05, 0) is 0 Å². The van der Waals surface area contributed by atoms with Crippen LogP contribution in [0.2, 0.25) is 0 Å². The van der Waals surface area contributed by atoms with Crippen LogP contribution < -0.4 is 16.4 Å². The molecular formula is C2H9N3O3S. The molecule has 0 aromatic rings. The molecule has 0 bridgehead atoms. The van der Waals surface area contributed by atoms with Crippen LogP contribution in [0, 0.1) is 0 Å². The van der Waals surface area contributed by atoms with Gasteiger partial charge in [0.15, 0.2) is 0 Å². The molecule has 0 atom stereocenters. The van der Waals surface area contributed by atoms with Crippen molar-refractivity contribution in [3.05, 3.63) is 0 Å². The average molecular weight is 155 g/mol. The van der Waals surface area contributed by atoms with Gasteiger partial charge in [-0.25, -0.2) is 0 Å². The van der Waals surface area contributed by atoms with Gasteiger partial charge in [-0.2, -0.15) is 8.42 Å². The summed E-state index contributed by atoms with van der Waals surface area (Å²) in [6, 6.07) is 0. The third-order valence-electron chi connectivity index (χ3n) is 0.501. The minimum absolute atomic E-state index is 0.0630. The van der Waals surface area contributed by atoms with Gasteiger partial charge < -0.3 is 5.73 Å². The van der Waals surface area contributed by atoms with Crippen LogP contribution in [-0.4, -0.2) is 21.6 Å². The summed E-state index contributed by atoms with van der Waals surface area (Å²) in [4.78, 5) is 1.47. The Bertz CT molecular complexity index is 152. The molecule has 0 heterocycles. The molecule has 0 fully saturated rings. The van der Waals surface area contributed by atoms with Crippen molar-refractivity contribution in [2.75, 3.05) is 13.2 Å². The number of nitrogens with one attached hydrogen (secondary N) is 1. The van der Waals surface area contributed by atoms with Crippen LogP contribution in [0.1, 0.15) is 0 Å². The second-order valence-corrected chi connectivity index (χ2v) is 2.56. The van der Waals surface area contributed by atoms with E-state index in [4.69, 9.17) is 5.73 Å². The van der Waals surface area contributed by atoms with E-state index in [2.05, 4.69) is 10.0 Å². The monoisotopic (exact) mass is 155 g/mol. The fourth-order valence-electron chi connectivity index (χ4n) is 0.192. The molecule has 6 nitrogen and oxygen atoms in total. The van der Waals surface area contributed by atoms with E-state index in [1.54, 1.807) is 0 Å². The Balaban J connectivity index is 3.61. The molecule has 56 valence electrons. The van der Waals surface area contributed by atoms with Gasteiger partial charge in [0.2, 0.25) is 0 Å². The molecule has 0 spiro atoms. The maximum atomic E-state index is 10.2. The standard InChI is InChI=1S/C2H9N3O3S/c3-1-2-8-9(6,7)5-4/h5H,1-4H2. The minimum atomic E-state index is -3.73. The summed E-state index contributed by atoms with van der Waals surface area (Å²) in [6.45, 7) is 0.0768. The number of hydrogen-bond donors (Lipinski definition) is 3. The summed E-state index contributed by atoms with van der Waals surface area (Å²) in [5, 5.41) is 0. The quantitative estimate of drug-likeness (QED) is 0.312. The van der Waals surface area contributed by atoms with Gasteiger partial charge in [-0.3, -0.25) is 10.0 Å². The normalized spacial score (nSPS) is 11.8. The molecule has 0 unspecified atom stereocenters. The summed E-state index contributed by atoms with van der Waals surface area (Å²) < 4.78 is 24.6. The molecule has 0 rings (SSSR count). The van der Waals surface area contributed by atoms with Crippen LogP contribution >= 0.6 is 0 Å². The zero-order valence-corrected chi connectivity index (χ0v) is 5.52. The Labute approximate surface area is 53.4 Å². The Morgan fingerprint density at radius 1 is 1.56 bits per heavy atom. The molecule has 0 aliphatic carbocycles. The van der Waals surface area contributed by atoms with Gasteiger partial charge in [0.25, 0.3) is 0 Å². The molecule has 0 aromatic heterocycles. The molecule has 9 heavy (non-hydrogen) atoms. The first kappa shape index (κ1) is 8.79. The van der Waals surface area contributed by atoms with Crippen LogP contribution in [0.3, 0.4) is 0 Å². The van der Waals surface area contributed by atoms with E-state index in [1.807, 2.05) is 0 Å². The van der Waals surface area contributed by atoms with E-state index >= 15 is 0 Å². The second-order valence-electron chi connectivity index (χ2n) is 1.18. The highest BCUT2D eigenvalue weighted by atomic mass is 32.2. The second kappa shape index (κ2) is 3.75. The molecule has 0 aliphatic rings. The van der Waals surface area contributed by atoms with Gasteiger partial charge in [0.1, 0.15) is 0 Å². The van der Waals surface area contributed by atoms with Gasteiger partial charge in [-0.1, -0.05) is 0 Å². The van der Waals surface area contributed by atoms with E-state index in [1.165, 1.54) is 4.83 Å². The van der Waals surface area contributed by atoms with Crippen molar-refractivity contribution < 1.29 is 12.6 Å². The predicted molar refractivity (Wildman–Crippen MR) is 31.2 cm³/mol. The summed E-state index contributed by atoms with van der Waals surface area (Å²) in [5.74, 6) is 4.54. The third kappa shape index (κ3) is 4.30. The minimum Gasteiger partial charge on any atom is -0.328 e. The van der Waals surface area contributed by atoms with Crippen molar-refractivity contribution in [1.29, 1.82) is 0 Å². The first-order valence-corrected chi connectivity index (χ1v) is 3.60. The summed E-state index contributed by atoms with van der Waals surface area (Å²) in [5.41, 5.74) is 4.93. The van der Waals surface area contributed by atoms with Gasteiger partial charge in [-0.15, -0.1) is 4.83 Å². The van der Waals surface area contributed by atoms with Crippen molar-refractivity contribution in [2.24, 2.45) is 11.6 Å². The summed E-state index contributed by atoms with van der Waals surface area (Å²) in [7, 11) is -3.73. The number of hydrogen-bond acceptors (Lipinski definition) is 5. The number of hydrazine groups is 1. The zero-order valence-electron chi connectivity index (χ0n) is 4.70. The molecule has 0 radical (unpaired) electrons. The van der Waals surface area contributed by atoms with Crippen LogP contribution in [0.15, 0.2) is 0 Å². The van der Waals surface area contributed by atoms with E-state index in [-0.39, 0.29) is 13.2 Å². The van der Waals surface area contributed by atoms with Crippen molar-refractivity contribution in [3.63, 3.8) is 0 Å². The summed E-state index contributed by atoms with van der Waals surface area (Å²) >= 11 is 0. The molecule has 0 saturated heterocycles. The van der Waals surface area contributed by atoms with Gasteiger partial charge in [0.05, 0.1) is 6.61 Å². The molecule has 0 aromatic carbocycles. The lowest BCUT2D eigenvalue weighted by atomic mass is 10.8. The van der Waals surface area contributed by atoms with Crippen LogP contribution in [0.4, 0.5) is 0 Å². The number of nitrogens with two attached hydrogens (primary N) is 2. The highest BCUT2D eigenvalue weighted by Gasteiger charge is 2.04. The van der Waals surface area contributed by atoms with E-state index < -0.39 is 10.3 Å². The zero-order chi connectivity index (χ0) is 7.33. The maximum absolute atomic E-state index is 10.2. The van der Waals surface area contributed by atoms with Crippen LogP contribution in [0.25, 0.3) is 0 Å². The van der Waals surface area contributed by atoms with Crippen molar-refractivity contribution in [1.82, 2.24) is 4.83 Å². The third-order valence-corrected chi connectivity index (χ3v) is 1.27. The lowest BCUT2D eigenvalue weighted by Gasteiger charge is -1.99. The highest BCUT2D eigenvalue weighted by Crippen LogP contribution is 1.80. The number of rotatable bonds is 4. The Morgan fingerprint density at radius 2 is 2.11 bits per heavy atom. The molecule has 5 N–H and O–H groups in total. The van der Waals surface area contributed by atoms with Crippen molar-refractivity contribution in [3.8, 4) is 0 Å². The van der Waals surface area contributed by atoms with Crippen LogP contribution in [-0.2, 0) is 14.5 Å². The Kier molecular flexibility index (Phi) is 3.66. The average Bonchev–Trinajstić information content (AvgIpc) is 1.84. The maximum Gasteiger partial charge on any atom is 0.348 e. The van der Waals surface area contributed by atoms with Crippen molar-refractivity contribution >= 4 is 10.3 Å². The van der Waals surface area contributed by atoms with Gasteiger partial charge in [0, 0.05) is 6.54 Å². The fourth-order valence-corrected chi connectivity index (χ4v) is 0.576. The fraction of sp³-hybridized carbons (Fsp3) is 1.00. The lowest BCUT2D eigenvalue weighted by Crippen LogP contribution is -2.33. The topological polar surface area (TPSA) is 107 Å². The molecule has 0 aliphatic heterocycles. The predicted octanol–water partition coefficient (Wildman–Crippen LogP) is -2.33. The largest absolute Gasteiger partial charge is 0.348 e. The smallest absolute Gasteiger partial charge is 0.328 e. The first-order valence-electron chi connectivity index (χ1n) is 2.19. The van der Waals surface area contributed by atoms with E-state index in [0.717, 1.165) is 0 Å². The lowest BCUT2D eigenvalue weighted by molar-refractivity contribution is 0.320. The molecular weight excluding hydrogens is 146 g/mol. The molecule has 0 amide bonds. The van der Waals surface area contributed by atoms with E-state index in [9.17, 15) is 8.42 Å². The summed E-state index contributed by atoms with van der Waals surface area (Å²) in [6.07, 6.45) is 0. The molecule has 0 saturated carbocycles. The van der Waals surface area contributed by atoms with E-state index in [0.29, 0.717) is 0 Å². The molecule has 7 heteroatoms.